The van der Waals surface area contributed by atoms with Crippen LogP contribution in [0.1, 0.15) is 11.1 Å². The summed E-state index contributed by atoms with van der Waals surface area (Å²) in [6.45, 7) is 1.90. The van der Waals surface area contributed by atoms with Gasteiger partial charge in [-0.1, -0.05) is 60.2 Å². The lowest BCUT2D eigenvalue weighted by Gasteiger charge is -2.29. The highest BCUT2D eigenvalue weighted by Crippen LogP contribution is 2.31. The van der Waals surface area contributed by atoms with E-state index in [0.717, 1.165) is 11.1 Å². The molecule has 0 aliphatic carbocycles. The molecule has 0 fully saturated rings. The molecule has 0 radical (unpaired) electrons. The van der Waals surface area contributed by atoms with Crippen molar-refractivity contribution in [3.05, 3.63) is 90.0 Å². The number of carbonyl (C=O) groups is 2. The van der Waals surface area contributed by atoms with Gasteiger partial charge in [-0.25, -0.2) is 9.79 Å². The Bertz CT molecular complexity index is 1140. The average molecular weight is 428 g/mol. The number of aryl methyl sites for hydroxylation is 1. The van der Waals surface area contributed by atoms with Crippen LogP contribution in [-0.2, 0) is 11.2 Å². The lowest BCUT2D eigenvalue weighted by molar-refractivity contribution is -0.117. The minimum Gasteiger partial charge on any atom is -0.495 e. The molecule has 0 bridgehead atoms. The van der Waals surface area contributed by atoms with Crippen LogP contribution in [0.15, 0.2) is 83.9 Å². The third-order valence-corrected chi connectivity index (χ3v) is 5.18. The second-order valence-electron chi connectivity index (χ2n) is 7.65. The number of aliphatic hydroxyl groups is 1. The normalized spacial score (nSPS) is 13.5. The van der Waals surface area contributed by atoms with Gasteiger partial charge in [0.25, 0.3) is 0 Å². The molecule has 0 saturated heterocycles. The molecule has 1 aliphatic rings. The van der Waals surface area contributed by atoms with E-state index in [-0.39, 0.29) is 18.3 Å². The summed E-state index contributed by atoms with van der Waals surface area (Å²) in [5, 5.41) is 15.7. The van der Waals surface area contributed by atoms with Crippen LogP contribution in [0.4, 0.5) is 21.9 Å². The predicted octanol–water partition coefficient (Wildman–Crippen LogP) is 4.36. The number of para-hydroxylation sites is 2. The van der Waals surface area contributed by atoms with E-state index in [4.69, 9.17) is 0 Å². The fourth-order valence-electron chi connectivity index (χ4n) is 3.52. The number of anilines is 2. The molecular formula is C25H24N4O3. The van der Waals surface area contributed by atoms with Crippen LogP contribution < -0.4 is 15.5 Å². The van der Waals surface area contributed by atoms with Crippen molar-refractivity contribution in [2.75, 3.05) is 16.8 Å². The number of carbonyl (C=O) groups excluding carboxylic acids is 2. The molecule has 3 aromatic rings. The molecule has 3 aromatic carbocycles. The van der Waals surface area contributed by atoms with Gasteiger partial charge in [0.15, 0.2) is 0 Å². The Hall–Kier alpha value is -4.13. The molecule has 0 spiro atoms. The van der Waals surface area contributed by atoms with Crippen LogP contribution in [0.2, 0.25) is 0 Å². The summed E-state index contributed by atoms with van der Waals surface area (Å²) >= 11 is 0. The van der Waals surface area contributed by atoms with E-state index < -0.39 is 12.1 Å². The number of nitrogens with zero attached hydrogens (tertiary/aromatic N) is 2. The van der Waals surface area contributed by atoms with Gasteiger partial charge in [-0.3, -0.25) is 9.69 Å². The number of nitrogens with one attached hydrogen (secondary N) is 2. The number of aliphatic imine (C=N–C) groups is 1. The molecule has 0 unspecified atom stereocenters. The van der Waals surface area contributed by atoms with Gasteiger partial charge >= 0.3 is 6.03 Å². The minimum absolute atomic E-state index is 0.0690. The lowest BCUT2D eigenvalue weighted by Crippen LogP contribution is -2.52. The third-order valence-electron chi connectivity index (χ3n) is 5.18. The smallest absolute Gasteiger partial charge is 0.323 e. The molecular weight excluding hydrogens is 404 g/mol. The zero-order valence-electron chi connectivity index (χ0n) is 17.7. The molecule has 1 aliphatic heterocycles. The molecule has 3 N–H and O–H groups in total. The van der Waals surface area contributed by atoms with Crippen molar-refractivity contribution >= 4 is 34.9 Å². The Labute approximate surface area is 186 Å². The van der Waals surface area contributed by atoms with Gasteiger partial charge in [0.05, 0.1) is 11.4 Å². The summed E-state index contributed by atoms with van der Waals surface area (Å²) in [5.74, 6) is -0.489. The summed E-state index contributed by atoms with van der Waals surface area (Å²) in [7, 11) is 0. The molecule has 1 atom stereocenters. The van der Waals surface area contributed by atoms with Crippen LogP contribution >= 0.6 is 0 Å². The van der Waals surface area contributed by atoms with Crippen LogP contribution in [-0.4, -0.2) is 35.5 Å². The SMILES string of the molecule is Cc1ccc(NC(=O)[C@H](Cc2ccccc2)NC(=O)N2CC(O)=Nc3ccccc32)cc1. The maximum Gasteiger partial charge on any atom is 0.323 e. The Morgan fingerprint density at radius 2 is 1.69 bits per heavy atom. The second-order valence-corrected chi connectivity index (χ2v) is 7.65. The highest BCUT2D eigenvalue weighted by molar-refractivity contribution is 6.05. The zero-order chi connectivity index (χ0) is 22.5. The van der Waals surface area contributed by atoms with Crippen molar-refractivity contribution in [3.8, 4) is 0 Å². The van der Waals surface area contributed by atoms with E-state index in [1.807, 2.05) is 61.5 Å². The van der Waals surface area contributed by atoms with Crippen molar-refractivity contribution in [3.63, 3.8) is 0 Å². The molecule has 0 aromatic heterocycles. The fourth-order valence-corrected chi connectivity index (χ4v) is 3.52. The van der Waals surface area contributed by atoms with Crippen molar-refractivity contribution in [1.29, 1.82) is 0 Å². The van der Waals surface area contributed by atoms with E-state index in [9.17, 15) is 14.7 Å². The number of rotatable bonds is 5. The van der Waals surface area contributed by atoms with Gasteiger partial charge in [-0.05, 0) is 36.8 Å². The fraction of sp³-hybridized carbons (Fsp3) is 0.160. The summed E-state index contributed by atoms with van der Waals surface area (Å²) in [5.41, 5.74) is 3.72. The summed E-state index contributed by atoms with van der Waals surface area (Å²) < 4.78 is 0. The molecule has 1 heterocycles. The maximum atomic E-state index is 13.2. The maximum absolute atomic E-state index is 13.2. The van der Waals surface area contributed by atoms with Gasteiger partial charge in [-0.2, -0.15) is 0 Å². The number of benzene rings is 3. The first kappa shape index (κ1) is 21.1. The van der Waals surface area contributed by atoms with Crippen molar-refractivity contribution < 1.29 is 14.7 Å². The van der Waals surface area contributed by atoms with E-state index >= 15 is 0 Å². The van der Waals surface area contributed by atoms with E-state index in [1.54, 1.807) is 24.3 Å². The minimum atomic E-state index is -0.820. The quantitative estimate of drug-likeness (QED) is 0.563. The number of hydrogen-bond acceptors (Lipinski definition) is 3. The second kappa shape index (κ2) is 9.34. The highest BCUT2D eigenvalue weighted by atomic mass is 16.3. The first-order valence-electron chi connectivity index (χ1n) is 10.3. The Kier molecular flexibility index (Phi) is 6.17. The van der Waals surface area contributed by atoms with Crippen LogP contribution in [0.25, 0.3) is 0 Å². The van der Waals surface area contributed by atoms with Gasteiger partial charge < -0.3 is 15.7 Å². The van der Waals surface area contributed by atoms with Gasteiger partial charge in [-0.15, -0.1) is 0 Å². The zero-order valence-corrected chi connectivity index (χ0v) is 17.7. The van der Waals surface area contributed by atoms with E-state index in [1.165, 1.54) is 4.90 Å². The average Bonchev–Trinajstić information content (AvgIpc) is 2.80. The van der Waals surface area contributed by atoms with Crippen molar-refractivity contribution in [2.45, 2.75) is 19.4 Å². The molecule has 162 valence electrons. The van der Waals surface area contributed by atoms with Gasteiger partial charge in [0, 0.05) is 12.1 Å². The monoisotopic (exact) mass is 428 g/mol. The summed E-state index contributed by atoms with van der Waals surface area (Å²) in [4.78, 5) is 31.8. The molecule has 7 heteroatoms. The number of aliphatic hydroxyl groups excluding tert-OH is 1. The van der Waals surface area contributed by atoms with E-state index in [0.29, 0.717) is 23.5 Å². The third kappa shape index (κ3) is 4.95. The molecule has 3 amide bonds. The Morgan fingerprint density at radius 1 is 1.00 bits per heavy atom. The van der Waals surface area contributed by atoms with Gasteiger partial charge in [0.2, 0.25) is 11.8 Å². The number of fused-ring (bicyclic) bond motifs is 1. The Morgan fingerprint density at radius 3 is 2.44 bits per heavy atom. The summed E-state index contributed by atoms with van der Waals surface area (Å²) in [6, 6.07) is 22.7. The standard InChI is InChI=1S/C25H24N4O3/c1-17-11-13-19(14-12-17)26-24(31)21(15-18-7-3-2-4-8-18)28-25(32)29-16-23(30)27-20-9-5-6-10-22(20)29/h2-14,21H,15-16H2,1H3,(H,26,31)(H,27,30)(H,28,32)/t21-/m0/s1. The first-order chi connectivity index (χ1) is 15.5. The molecule has 0 saturated carbocycles. The molecule has 32 heavy (non-hydrogen) atoms. The summed E-state index contributed by atoms with van der Waals surface area (Å²) in [6.07, 6.45) is 0.319. The number of urea groups is 1. The lowest BCUT2D eigenvalue weighted by atomic mass is 10.1. The first-order valence-corrected chi connectivity index (χ1v) is 10.3. The van der Waals surface area contributed by atoms with Crippen LogP contribution in [0.5, 0.6) is 0 Å². The van der Waals surface area contributed by atoms with Gasteiger partial charge in [0.1, 0.15) is 12.6 Å². The van der Waals surface area contributed by atoms with Crippen LogP contribution in [0.3, 0.4) is 0 Å². The largest absolute Gasteiger partial charge is 0.495 e. The highest BCUT2D eigenvalue weighted by Gasteiger charge is 2.28. The number of amides is 3. The number of hydrogen-bond donors (Lipinski definition) is 3. The van der Waals surface area contributed by atoms with Crippen LogP contribution in [0, 0.1) is 6.92 Å². The predicted molar refractivity (Wildman–Crippen MR) is 126 cm³/mol. The molecule has 4 rings (SSSR count). The van der Waals surface area contributed by atoms with Crippen molar-refractivity contribution in [2.24, 2.45) is 4.99 Å². The van der Waals surface area contributed by atoms with E-state index in [2.05, 4.69) is 15.6 Å². The molecule has 7 nitrogen and oxygen atoms in total. The Balaban J connectivity index is 1.55. The topological polar surface area (TPSA) is 94.0 Å². The van der Waals surface area contributed by atoms with Crippen molar-refractivity contribution in [1.82, 2.24) is 5.32 Å².